The molecule has 0 amide bonds. The first kappa shape index (κ1) is 18.0. The van der Waals surface area contributed by atoms with Crippen LogP contribution in [0.4, 0.5) is 0 Å². The molecular formula is C18H28O5. The monoisotopic (exact) mass is 324 g/mol. The fourth-order valence-electron chi connectivity index (χ4n) is 5.12. The summed E-state index contributed by atoms with van der Waals surface area (Å²) in [4.78, 5) is 25.1. The lowest BCUT2D eigenvalue weighted by Gasteiger charge is -2.60. The first-order valence-corrected chi connectivity index (χ1v) is 8.31. The first-order valence-electron chi connectivity index (χ1n) is 8.31. The average molecular weight is 324 g/mol. The van der Waals surface area contributed by atoms with Crippen LogP contribution in [0.25, 0.3) is 0 Å². The van der Waals surface area contributed by atoms with Crippen molar-refractivity contribution in [3.8, 4) is 0 Å². The number of fused-ring (bicyclic) bond motifs is 2. The van der Waals surface area contributed by atoms with Crippen LogP contribution in [0.1, 0.15) is 54.4 Å². The molecule has 1 fully saturated rings. The zero-order chi connectivity index (χ0) is 17.6. The maximum atomic E-state index is 12.6. The highest BCUT2D eigenvalue weighted by molar-refractivity contribution is 6.03. The summed E-state index contributed by atoms with van der Waals surface area (Å²) in [5.41, 5.74) is -1.55. The van der Waals surface area contributed by atoms with Gasteiger partial charge in [-0.3, -0.25) is 0 Å². The summed E-state index contributed by atoms with van der Waals surface area (Å²) in [6.07, 6.45) is 0.871. The molecule has 3 aliphatic carbocycles. The van der Waals surface area contributed by atoms with E-state index < -0.39 is 17.5 Å². The lowest BCUT2D eigenvalue weighted by molar-refractivity contribution is -0.160. The fraction of sp³-hybridized carbons (Fsp3) is 0.778. The maximum Gasteiger partial charge on any atom is 0.337 e. The van der Waals surface area contributed by atoms with E-state index in [2.05, 4.69) is 0 Å². The van der Waals surface area contributed by atoms with Gasteiger partial charge in [-0.1, -0.05) is 27.7 Å². The molecule has 1 N–H and O–H groups in total. The van der Waals surface area contributed by atoms with Crippen molar-refractivity contribution >= 4 is 11.9 Å². The zero-order valence-electron chi connectivity index (χ0n) is 15.0. The van der Waals surface area contributed by atoms with Gasteiger partial charge in [0.15, 0.2) is 0 Å². The summed E-state index contributed by atoms with van der Waals surface area (Å²) in [6, 6.07) is 0. The van der Waals surface area contributed by atoms with Crippen molar-refractivity contribution in [1.82, 2.24) is 0 Å². The number of carbonyl (C=O) groups is 2. The Labute approximate surface area is 138 Å². The predicted octanol–water partition coefficient (Wildman–Crippen LogP) is 2.62. The van der Waals surface area contributed by atoms with E-state index in [0.29, 0.717) is 18.4 Å². The van der Waals surface area contributed by atoms with Gasteiger partial charge in [-0.2, -0.15) is 0 Å². The van der Waals surface area contributed by atoms with E-state index in [0.717, 1.165) is 0 Å². The van der Waals surface area contributed by atoms with E-state index in [4.69, 9.17) is 9.47 Å². The van der Waals surface area contributed by atoms with Crippen molar-refractivity contribution in [2.75, 3.05) is 13.2 Å². The Morgan fingerprint density at radius 2 is 1.43 bits per heavy atom. The van der Waals surface area contributed by atoms with Gasteiger partial charge in [-0.25, -0.2) is 9.59 Å². The van der Waals surface area contributed by atoms with Crippen LogP contribution < -0.4 is 0 Å². The molecule has 3 aliphatic rings. The van der Waals surface area contributed by atoms with E-state index in [-0.39, 0.29) is 35.5 Å². The molecular weight excluding hydrogens is 296 g/mol. The third kappa shape index (κ3) is 2.80. The maximum absolute atomic E-state index is 12.6. The molecule has 0 atom stereocenters. The number of rotatable bonds is 4. The van der Waals surface area contributed by atoms with Gasteiger partial charge in [0.25, 0.3) is 0 Å². The normalized spacial score (nSPS) is 31.0. The van der Waals surface area contributed by atoms with Crippen molar-refractivity contribution in [3.05, 3.63) is 11.1 Å². The minimum Gasteiger partial charge on any atom is -0.463 e. The molecule has 23 heavy (non-hydrogen) atoms. The standard InChI is InChI=1S/C18H28O5/c1-7-22-14(19)11-12(15(20)23-8-2)18(21)9-16(3,4)13(11)17(5,6)10-18/h13,21H,7-10H2,1-6H3. The second kappa shape index (κ2) is 5.62. The summed E-state index contributed by atoms with van der Waals surface area (Å²) in [5, 5.41) is 11.3. The van der Waals surface area contributed by atoms with Gasteiger partial charge in [0.05, 0.1) is 30.0 Å². The molecule has 0 aromatic heterocycles. The number of hydrogen-bond donors (Lipinski definition) is 1. The third-order valence-electron chi connectivity index (χ3n) is 5.06. The predicted molar refractivity (Wildman–Crippen MR) is 85.5 cm³/mol. The van der Waals surface area contributed by atoms with Crippen molar-refractivity contribution in [2.45, 2.75) is 60.0 Å². The topological polar surface area (TPSA) is 72.8 Å². The Morgan fingerprint density at radius 3 is 1.87 bits per heavy atom. The van der Waals surface area contributed by atoms with Crippen LogP contribution in [0.15, 0.2) is 11.1 Å². The molecule has 5 heteroatoms. The Hall–Kier alpha value is -1.36. The Bertz CT molecular complexity index is 538. The Morgan fingerprint density at radius 1 is 1.00 bits per heavy atom. The van der Waals surface area contributed by atoms with Gasteiger partial charge in [-0.05, 0) is 37.5 Å². The number of carbonyl (C=O) groups excluding carboxylic acids is 2. The van der Waals surface area contributed by atoms with Gasteiger partial charge < -0.3 is 14.6 Å². The van der Waals surface area contributed by atoms with Gasteiger partial charge in [0.2, 0.25) is 0 Å². The van der Waals surface area contributed by atoms with Crippen LogP contribution in [0.3, 0.4) is 0 Å². The van der Waals surface area contributed by atoms with Crippen molar-refractivity contribution in [1.29, 1.82) is 0 Å². The lowest BCUT2D eigenvalue weighted by atomic mass is 9.45. The molecule has 0 saturated heterocycles. The van der Waals surface area contributed by atoms with Crippen molar-refractivity contribution < 1.29 is 24.2 Å². The average Bonchev–Trinajstić information content (AvgIpc) is 2.34. The van der Waals surface area contributed by atoms with Crippen LogP contribution in [0.2, 0.25) is 0 Å². The highest BCUT2D eigenvalue weighted by Gasteiger charge is 2.64. The Balaban J connectivity index is 2.71. The molecule has 0 unspecified atom stereocenters. The second-order valence-corrected chi connectivity index (χ2v) is 8.02. The lowest BCUT2D eigenvalue weighted by Crippen LogP contribution is -2.61. The molecule has 0 aliphatic heterocycles. The molecule has 0 heterocycles. The van der Waals surface area contributed by atoms with Crippen LogP contribution in [-0.4, -0.2) is 35.9 Å². The number of ether oxygens (including phenoxy) is 2. The van der Waals surface area contributed by atoms with Crippen molar-refractivity contribution in [2.24, 2.45) is 16.7 Å². The van der Waals surface area contributed by atoms with Crippen LogP contribution in [0.5, 0.6) is 0 Å². The molecule has 0 aromatic carbocycles. The number of hydrogen-bond acceptors (Lipinski definition) is 5. The van der Waals surface area contributed by atoms with Crippen molar-refractivity contribution in [3.63, 3.8) is 0 Å². The molecule has 3 rings (SSSR count). The van der Waals surface area contributed by atoms with Crippen LogP contribution in [0, 0.1) is 16.7 Å². The minimum atomic E-state index is -1.35. The largest absolute Gasteiger partial charge is 0.463 e. The van der Waals surface area contributed by atoms with E-state index in [1.165, 1.54) is 0 Å². The van der Waals surface area contributed by atoms with Gasteiger partial charge >= 0.3 is 11.9 Å². The van der Waals surface area contributed by atoms with E-state index >= 15 is 0 Å². The number of aliphatic hydroxyl groups is 1. The minimum absolute atomic E-state index is 0.112. The second-order valence-electron chi connectivity index (χ2n) is 8.02. The first-order chi connectivity index (χ1) is 10.5. The smallest absolute Gasteiger partial charge is 0.337 e. The van der Waals surface area contributed by atoms with Gasteiger partial charge in [-0.15, -0.1) is 0 Å². The fourth-order valence-corrected chi connectivity index (χ4v) is 5.12. The van der Waals surface area contributed by atoms with E-state index in [1.54, 1.807) is 13.8 Å². The SMILES string of the molecule is CCOC(=O)C1=C(C(=O)OCC)C2(O)CC(C)(C)C1C(C)(C)C2. The van der Waals surface area contributed by atoms with Gasteiger partial charge in [0.1, 0.15) is 0 Å². The molecule has 5 nitrogen and oxygen atoms in total. The summed E-state index contributed by atoms with van der Waals surface area (Å²) in [5.74, 6) is -1.28. The summed E-state index contributed by atoms with van der Waals surface area (Å²) >= 11 is 0. The molecule has 0 spiro atoms. The molecule has 130 valence electrons. The number of esters is 2. The molecule has 2 bridgehead atoms. The summed E-state index contributed by atoms with van der Waals surface area (Å²) < 4.78 is 10.3. The molecule has 0 radical (unpaired) electrons. The van der Waals surface area contributed by atoms with Gasteiger partial charge in [0, 0.05) is 5.92 Å². The Kier molecular flexibility index (Phi) is 4.39. The highest BCUT2D eigenvalue weighted by Crippen LogP contribution is 2.64. The molecule has 1 saturated carbocycles. The van der Waals surface area contributed by atoms with Crippen LogP contribution in [-0.2, 0) is 19.1 Å². The van der Waals surface area contributed by atoms with E-state index in [9.17, 15) is 14.7 Å². The highest BCUT2D eigenvalue weighted by atomic mass is 16.5. The quantitative estimate of drug-likeness (QED) is 0.805. The van der Waals surface area contributed by atoms with E-state index in [1.807, 2.05) is 27.7 Å². The zero-order valence-corrected chi connectivity index (χ0v) is 15.0. The summed E-state index contributed by atoms with van der Waals surface area (Å²) in [7, 11) is 0. The van der Waals surface area contributed by atoms with Crippen LogP contribution >= 0.6 is 0 Å². The molecule has 0 aromatic rings. The third-order valence-corrected chi connectivity index (χ3v) is 5.06. The summed E-state index contributed by atoms with van der Waals surface area (Å²) in [6.45, 7) is 12.0.